The van der Waals surface area contributed by atoms with Crippen molar-refractivity contribution in [3.05, 3.63) is 29.8 Å². The number of nitrogens with one attached hydrogen (secondary N) is 1. The minimum atomic E-state index is -0.194. The van der Waals surface area contributed by atoms with Gasteiger partial charge in [-0.05, 0) is 44.5 Å². The molecule has 0 heterocycles. The van der Waals surface area contributed by atoms with Crippen LogP contribution in [0.25, 0.3) is 0 Å². The van der Waals surface area contributed by atoms with Crippen LogP contribution in [-0.2, 0) is 0 Å². The molecule has 0 aromatic heterocycles. The van der Waals surface area contributed by atoms with Crippen LogP contribution in [-0.4, -0.2) is 30.9 Å². The van der Waals surface area contributed by atoms with Gasteiger partial charge in [-0.25, -0.2) is 0 Å². The molecule has 0 atom stereocenters. The average molecular weight is 313 g/mol. The molecule has 0 radical (unpaired) electrons. The van der Waals surface area contributed by atoms with E-state index in [9.17, 15) is 4.79 Å². The minimum Gasteiger partial charge on any atom is -0.378 e. The van der Waals surface area contributed by atoms with Gasteiger partial charge in [0.05, 0.1) is 0 Å². The molecule has 3 nitrogen and oxygen atoms in total. The third-order valence-corrected chi connectivity index (χ3v) is 3.21. The maximum atomic E-state index is 12.1. The van der Waals surface area contributed by atoms with E-state index in [1.54, 1.807) is 0 Å². The normalized spacial score (nSPS) is 11.2. The largest absolute Gasteiger partial charge is 0.378 e. The molecule has 18 heavy (non-hydrogen) atoms. The summed E-state index contributed by atoms with van der Waals surface area (Å²) in [6, 6.07) is 7.61. The predicted molar refractivity (Wildman–Crippen MR) is 80.7 cm³/mol. The van der Waals surface area contributed by atoms with Crippen LogP contribution in [0.15, 0.2) is 24.3 Å². The van der Waals surface area contributed by atoms with Crippen molar-refractivity contribution in [1.82, 2.24) is 5.32 Å². The van der Waals surface area contributed by atoms with Crippen molar-refractivity contribution >= 4 is 27.5 Å². The van der Waals surface area contributed by atoms with Gasteiger partial charge in [-0.15, -0.1) is 0 Å². The first-order valence-corrected chi connectivity index (χ1v) is 7.14. The highest BCUT2D eigenvalue weighted by atomic mass is 79.9. The van der Waals surface area contributed by atoms with Crippen molar-refractivity contribution in [2.75, 3.05) is 24.3 Å². The highest BCUT2D eigenvalue weighted by molar-refractivity contribution is 9.09. The van der Waals surface area contributed by atoms with E-state index in [2.05, 4.69) is 21.2 Å². The maximum Gasteiger partial charge on any atom is 0.251 e. The molecule has 1 amide bonds. The van der Waals surface area contributed by atoms with E-state index in [1.165, 1.54) is 0 Å². The van der Waals surface area contributed by atoms with Gasteiger partial charge >= 0.3 is 0 Å². The molecule has 0 saturated heterocycles. The number of carbonyl (C=O) groups excluding carboxylic acids is 1. The van der Waals surface area contributed by atoms with E-state index in [1.807, 2.05) is 57.1 Å². The number of rotatable bonds is 5. The predicted octanol–water partition coefficient (Wildman–Crippen LogP) is 3.05. The summed E-state index contributed by atoms with van der Waals surface area (Å²) in [6.45, 7) is 4.06. The molecule has 0 fully saturated rings. The van der Waals surface area contributed by atoms with Crippen molar-refractivity contribution in [2.24, 2.45) is 0 Å². The summed E-state index contributed by atoms with van der Waals surface area (Å²) < 4.78 is 0. The first-order chi connectivity index (χ1) is 8.35. The molecule has 1 rings (SSSR count). The Bertz CT molecular complexity index is 399. The second-order valence-corrected chi connectivity index (χ2v) is 6.01. The van der Waals surface area contributed by atoms with E-state index in [0.29, 0.717) is 5.56 Å². The van der Waals surface area contributed by atoms with E-state index >= 15 is 0 Å². The summed E-state index contributed by atoms with van der Waals surface area (Å²) in [6.07, 6.45) is 0.897. The molecule has 0 bridgehead atoms. The quantitative estimate of drug-likeness (QED) is 0.848. The van der Waals surface area contributed by atoms with Crippen molar-refractivity contribution < 1.29 is 4.79 Å². The van der Waals surface area contributed by atoms with Crippen LogP contribution in [0.1, 0.15) is 30.6 Å². The van der Waals surface area contributed by atoms with Gasteiger partial charge in [0.15, 0.2) is 0 Å². The molecule has 100 valence electrons. The zero-order valence-corrected chi connectivity index (χ0v) is 13.0. The molecule has 0 aliphatic carbocycles. The SMILES string of the molecule is CN(C)c1ccc(C(=O)NC(C)(C)CCBr)cc1. The second kappa shape index (κ2) is 6.23. The minimum absolute atomic E-state index is 0.0220. The lowest BCUT2D eigenvalue weighted by atomic mass is 10.0. The molecule has 0 aliphatic rings. The van der Waals surface area contributed by atoms with Gasteiger partial charge in [0.2, 0.25) is 0 Å². The Labute approximate surface area is 118 Å². The monoisotopic (exact) mass is 312 g/mol. The van der Waals surface area contributed by atoms with Crippen LogP contribution in [0.2, 0.25) is 0 Å². The highest BCUT2D eigenvalue weighted by Crippen LogP contribution is 2.15. The molecular weight excluding hydrogens is 292 g/mol. The van der Waals surface area contributed by atoms with Crippen molar-refractivity contribution in [3.63, 3.8) is 0 Å². The van der Waals surface area contributed by atoms with Crippen LogP contribution < -0.4 is 10.2 Å². The summed E-state index contributed by atoms with van der Waals surface area (Å²) in [5.74, 6) is -0.0220. The van der Waals surface area contributed by atoms with Crippen LogP contribution in [0.3, 0.4) is 0 Å². The Morgan fingerprint density at radius 2 is 1.83 bits per heavy atom. The topological polar surface area (TPSA) is 32.3 Å². The molecule has 0 saturated carbocycles. The number of benzene rings is 1. The van der Waals surface area contributed by atoms with Crippen LogP contribution in [0.5, 0.6) is 0 Å². The van der Waals surface area contributed by atoms with Crippen molar-refractivity contribution in [1.29, 1.82) is 0 Å². The number of hydrogen-bond acceptors (Lipinski definition) is 2. The number of nitrogens with zero attached hydrogens (tertiary/aromatic N) is 1. The Hall–Kier alpha value is -1.03. The lowest BCUT2D eigenvalue weighted by Gasteiger charge is -2.25. The number of carbonyl (C=O) groups is 1. The summed E-state index contributed by atoms with van der Waals surface area (Å²) in [4.78, 5) is 14.1. The van der Waals surface area contributed by atoms with E-state index < -0.39 is 0 Å². The van der Waals surface area contributed by atoms with Gasteiger partial charge in [-0.1, -0.05) is 15.9 Å². The number of alkyl halides is 1. The molecular formula is C14H21BrN2O. The van der Waals surface area contributed by atoms with Gasteiger partial charge in [-0.2, -0.15) is 0 Å². The maximum absolute atomic E-state index is 12.1. The fourth-order valence-electron chi connectivity index (χ4n) is 1.59. The van der Waals surface area contributed by atoms with Gasteiger partial charge in [0.25, 0.3) is 5.91 Å². The van der Waals surface area contributed by atoms with Gasteiger partial charge in [-0.3, -0.25) is 4.79 Å². The lowest BCUT2D eigenvalue weighted by molar-refractivity contribution is 0.0912. The fraction of sp³-hybridized carbons (Fsp3) is 0.500. The molecule has 0 aliphatic heterocycles. The van der Waals surface area contributed by atoms with Crippen molar-refractivity contribution in [3.8, 4) is 0 Å². The fourth-order valence-corrected chi connectivity index (χ4v) is 2.58. The van der Waals surface area contributed by atoms with E-state index in [0.717, 1.165) is 17.4 Å². The smallest absolute Gasteiger partial charge is 0.251 e. The van der Waals surface area contributed by atoms with E-state index in [-0.39, 0.29) is 11.4 Å². The van der Waals surface area contributed by atoms with Crippen LogP contribution in [0.4, 0.5) is 5.69 Å². The third-order valence-electron chi connectivity index (χ3n) is 2.82. The molecule has 1 aromatic carbocycles. The standard InChI is InChI=1S/C14H21BrN2O/c1-14(2,9-10-15)16-13(18)11-5-7-12(8-6-11)17(3)4/h5-8H,9-10H2,1-4H3,(H,16,18). The number of anilines is 1. The first kappa shape index (κ1) is 15.0. The van der Waals surface area contributed by atoms with Gasteiger partial charge in [0, 0.05) is 36.2 Å². The summed E-state index contributed by atoms with van der Waals surface area (Å²) in [5, 5.41) is 3.91. The Balaban J connectivity index is 2.73. The van der Waals surface area contributed by atoms with Crippen molar-refractivity contribution in [2.45, 2.75) is 25.8 Å². The first-order valence-electron chi connectivity index (χ1n) is 6.01. The molecule has 1 N–H and O–H groups in total. The van der Waals surface area contributed by atoms with Gasteiger partial charge in [0.1, 0.15) is 0 Å². The molecule has 1 aromatic rings. The molecule has 0 unspecified atom stereocenters. The third kappa shape index (κ3) is 4.33. The second-order valence-electron chi connectivity index (χ2n) is 5.22. The summed E-state index contributed by atoms with van der Waals surface area (Å²) in [5.41, 5.74) is 1.59. The Morgan fingerprint density at radius 3 is 2.28 bits per heavy atom. The zero-order valence-electron chi connectivity index (χ0n) is 11.5. The van der Waals surface area contributed by atoms with E-state index in [4.69, 9.17) is 0 Å². The Kier molecular flexibility index (Phi) is 5.20. The van der Waals surface area contributed by atoms with Gasteiger partial charge < -0.3 is 10.2 Å². The summed E-state index contributed by atoms with van der Waals surface area (Å²) >= 11 is 3.40. The molecule has 0 spiro atoms. The zero-order chi connectivity index (χ0) is 13.8. The lowest BCUT2D eigenvalue weighted by Crippen LogP contribution is -2.43. The van der Waals surface area contributed by atoms with Crippen LogP contribution >= 0.6 is 15.9 Å². The number of halogens is 1. The Morgan fingerprint density at radius 1 is 1.28 bits per heavy atom. The number of amides is 1. The summed E-state index contributed by atoms with van der Waals surface area (Å²) in [7, 11) is 3.96. The number of hydrogen-bond donors (Lipinski definition) is 1. The highest BCUT2D eigenvalue weighted by Gasteiger charge is 2.20. The molecule has 4 heteroatoms. The van der Waals surface area contributed by atoms with Crippen LogP contribution in [0, 0.1) is 0 Å². The average Bonchev–Trinajstić information content (AvgIpc) is 2.28.